The summed E-state index contributed by atoms with van der Waals surface area (Å²) in [6.45, 7) is 6.17. The van der Waals surface area contributed by atoms with E-state index in [1.807, 2.05) is 49.0 Å². The van der Waals surface area contributed by atoms with Gasteiger partial charge < -0.3 is 14.6 Å². The van der Waals surface area contributed by atoms with Gasteiger partial charge in [-0.1, -0.05) is 13.0 Å². The lowest BCUT2D eigenvalue weighted by atomic mass is 10.3. The van der Waals surface area contributed by atoms with Crippen molar-refractivity contribution in [2.24, 2.45) is 7.05 Å². The molecule has 19 heavy (non-hydrogen) atoms. The largest absolute Gasteiger partial charge is 0.491 e. The predicted molar refractivity (Wildman–Crippen MR) is 78.1 cm³/mol. The molecule has 0 saturated carbocycles. The van der Waals surface area contributed by atoms with Crippen LogP contribution in [0.4, 0.5) is 11.6 Å². The molecule has 1 unspecified atom stereocenters. The van der Waals surface area contributed by atoms with E-state index in [1.165, 1.54) is 0 Å². The van der Waals surface area contributed by atoms with Crippen LogP contribution in [-0.4, -0.2) is 15.7 Å². The maximum atomic E-state index is 5.81. The van der Waals surface area contributed by atoms with E-state index in [0.717, 1.165) is 29.5 Å². The smallest absolute Gasteiger partial charge is 0.207 e. The number of aromatic nitrogens is 2. The highest BCUT2D eigenvalue weighted by atomic mass is 16.5. The highest BCUT2D eigenvalue weighted by Gasteiger charge is 2.05. The van der Waals surface area contributed by atoms with E-state index in [-0.39, 0.29) is 6.10 Å². The fourth-order valence-corrected chi connectivity index (χ4v) is 1.82. The van der Waals surface area contributed by atoms with Crippen LogP contribution in [0, 0.1) is 6.92 Å². The molecule has 0 fully saturated rings. The first-order valence-corrected chi connectivity index (χ1v) is 6.62. The van der Waals surface area contributed by atoms with Crippen LogP contribution in [0.25, 0.3) is 0 Å². The van der Waals surface area contributed by atoms with Gasteiger partial charge in [0.05, 0.1) is 11.8 Å². The highest BCUT2D eigenvalue weighted by molar-refractivity contribution is 5.56. The van der Waals surface area contributed by atoms with Crippen LogP contribution in [0.15, 0.2) is 30.5 Å². The maximum Gasteiger partial charge on any atom is 0.207 e. The number of hydrogen-bond donors (Lipinski definition) is 1. The van der Waals surface area contributed by atoms with Gasteiger partial charge in [0.2, 0.25) is 5.95 Å². The summed E-state index contributed by atoms with van der Waals surface area (Å²) in [4.78, 5) is 4.42. The Morgan fingerprint density at radius 3 is 2.84 bits per heavy atom. The number of nitrogens with one attached hydrogen (secondary N) is 1. The van der Waals surface area contributed by atoms with Crippen molar-refractivity contribution in [2.75, 3.05) is 5.32 Å². The van der Waals surface area contributed by atoms with E-state index in [0.29, 0.717) is 0 Å². The van der Waals surface area contributed by atoms with Crippen molar-refractivity contribution in [3.8, 4) is 5.75 Å². The van der Waals surface area contributed by atoms with Crippen LogP contribution in [-0.2, 0) is 7.05 Å². The monoisotopic (exact) mass is 259 g/mol. The molecule has 2 rings (SSSR count). The van der Waals surface area contributed by atoms with Gasteiger partial charge in [-0.25, -0.2) is 4.98 Å². The molecule has 0 aliphatic rings. The van der Waals surface area contributed by atoms with Crippen LogP contribution < -0.4 is 10.1 Å². The lowest BCUT2D eigenvalue weighted by Crippen LogP contribution is -2.09. The molecule has 0 radical (unpaired) electrons. The summed E-state index contributed by atoms with van der Waals surface area (Å²) < 4.78 is 7.78. The average Bonchev–Trinajstić information content (AvgIpc) is 2.68. The molecule has 1 N–H and O–H groups in total. The third kappa shape index (κ3) is 3.50. The number of aryl methyl sites for hydroxylation is 2. The summed E-state index contributed by atoms with van der Waals surface area (Å²) in [5.41, 5.74) is 1.98. The van der Waals surface area contributed by atoms with Gasteiger partial charge in [-0.15, -0.1) is 0 Å². The van der Waals surface area contributed by atoms with Crippen LogP contribution in [0.5, 0.6) is 5.75 Å². The molecule has 1 aromatic carbocycles. The molecule has 2 aromatic rings. The van der Waals surface area contributed by atoms with Crippen LogP contribution in [0.1, 0.15) is 26.0 Å². The zero-order chi connectivity index (χ0) is 13.8. The van der Waals surface area contributed by atoms with E-state index in [2.05, 4.69) is 24.1 Å². The van der Waals surface area contributed by atoms with Crippen LogP contribution in [0.2, 0.25) is 0 Å². The first-order valence-electron chi connectivity index (χ1n) is 6.62. The normalized spacial score (nSPS) is 12.2. The molecule has 4 nitrogen and oxygen atoms in total. The van der Waals surface area contributed by atoms with Gasteiger partial charge >= 0.3 is 0 Å². The third-order valence-corrected chi connectivity index (χ3v) is 3.00. The van der Waals surface area contributed by atoms with Crippen molar-refractivity contribution in [1.29, 1.82) is 0 Å². The second kappa shape index (κ2) is 5.78. The maximum absolute atomic E-state index is 5.81. The average molecular weight is 259 g/mol. The summed E-state index contributed by atoms with van der Waals surface area (Å²) in [5, 5.41) is 3.30. The van der Waals surface area contributed by atoms with E-state index in [1.54, 1.807) is 0 Å². The Kier molecular flexibility index (Phi) is 4.10. The molecule has 0 bridgehead atoms. The fourth-order valence-electron chi connectivity index (χ4n) is 1.82. The molecule has 0 aliphatic carbocycles. The molecule has 1 atom stereocenters. The summed E-state index contributed by atoms with van der Waals surface area (Å²) in [6, 6.07) is 7.96. The number of hydrogen-bond acceptors (Lipinski definition) is 3. The zero-order valence-corrected chi connectivity index (χ0v) is 12.0. The van der Waals surface area contributed by atoms with Crippen molar-refractivity contribution < 1.29 is 4.74 Å². The second-order valence-corrected chi connectivity index (χ2v) is 4.81. The van der Waals surface area contributed by atoms with Crippen molar-refractivity contribution >= 4 is 11.6 Å². The lowest BCUT2D eigenvalue weighted by molar-refractivity contribution is 0.217. The van der Waals surface area contributed by atoms with Gasteiger partial charge in [0.1, 0.15) is 5.75 Å². The van der Waals surface area contributed by atoms with Crippen molar-refractivity contribution in [2.45, 2.75) is 33.3 Å². The Morgan fingerprint density at radius 2 is 2.21 bits per heavy atom. The first-order chi connectivity index (χ1) is 9.08. The fraction of sp³-hybridized carbons (Fsp3) is 0.400. The Morgan fingerprint density at radius 1 is 1.42 bits per heavy atom. The molecule has 4 heteroatoms. The number of anilines is 2. The second-order valence-electron chi connectivity index (χ2n) is 4.81. The molecule has 1 heterocycles. The number of nitrogens with zero attached hydrogens (tertiary/aromatic N) is 2. The number of imidazole rings is 1. The molecule has 1 aromatic heterocycles. The van der Waals surface area contributed by atoms with Gasteiger partial charge in [0.15, 0.2) is 0 Å². The minimum absolute atomic E-state index is 0.227. The molecule has 0 aliphatic heterocycles. The zero-order valence-electron chi connectivity index (χ0n) is 12.0. The van der Waals surface area contributed by atoms with E-state index >= 15 is 0 Å². The first kappa shape index (κ1) is 13.5. The minimum Gasteiger partial charge on any atom is -0.491 e. The Bertz CT molecular complexity index is 548. The van der Waals surface area contributed by atoms with Gasteiger partial charge in [-0.05, 0) is 32.4 Å². The molecule has 0 amide bonds. The van der Waals surface area contributed by atoms with Gasteiger partial charge in [0, 0.05) is 25.0 Å². The van der Waals surface area contributed by atoms with Gasteiger partial charge in [-0.2, -0.15) is 0 Å². The van der Waals surface area contributed by atoms with E-state index < -0.39 is 0 Å². The van der Waals surface area contributed by atoms with E-state index in [9.17, 15) is 0 Å². The number of ether oxygens (including phenoxy) is 1. The van der Waals surface area contributed by atoms with Gasteiger partial charge in [0.25, 0.3) is 0 Å². The van der Waals surface area contributed by atoms with Crippen molar-refractivity contribution in [3.05, 3.63) is 36.2 Å². The Labute approximate surface area is 114 Å². The Hall–Kier alpha value is -1.97. The summed E-state index contributed by atoms with van der Waals surface area (Å²) in [6.07, 6.45) is 3.21. The molecule has 0 spiro atoms. The molecular formula is C15H21N3O. The summed E-state index contributed by atoms with van der Waals surface area (Å²) in [5.74, 6) is 1.71. The lowest BCUT2D eigenvalue weighted by Gasteiger charge is -2.13. The predicted octanol–water partition coefficient (Wildman–Crippen LogP) is 3.65. The SMILES string of the molecule is CCC(C)Oc1cccc(Nc2nc(C)cn2C)c1. The molecule has 102 valence electrons. The van der Waals surface area contributed by atoms with Crippen LogP contribution in [0.3, 0.4) is 0 Å². The number of rotatable bonds is 5. The highest BCUT2D eigenvalue weighted by Crippen LogP contribution is 2.22. The van der Waals surface area contributed by atoms with Crippen molar-refractivity contribution in [1.82, 2.24) is 9.55 Å². The minimum atomic E-state index is 0.227. The quantitative estimate of drug-likeness (QED) is 0.890. The number of benzene rings is 1. The molecule has 0 saturated heterocycles. The Balaban J connectivity index is 2.13. The summed E-state index contributed by atoms with van der Waals surface area (Å²) >= 11 is 0. The van der Waals surface area contributed by atoms with E-state index in [4.69, 9.17) is 4.74 Å². The van der Waals surface area contributed by atoms with Crippen LogP contribution >= 0.6 is 0 Å². The standard InChI is InChI=1S/C15H21N3O/c1-5-12(3)19-14-8-6-7-13(9-14)17-15-16-11(2)10-18(15)4/h6-10,12H,5H2,1-4H3,(H,16,17). The molecular weight excluding hydrogens is 238 g/mol. The third-order valence-electron chi connectivity index (χ3n) is 3.00. The summed E-state index contributed by atoms with van der Waals surface area (Å²) in [7, 11) is 1.97. The topological polar surface area (TPSA) is 39.1 Å². The van der Waals surface area contributed by atoms with Gasteiger partial charge in [-0.3, -0.25) is 0 Å². The van der Waals surface area contributed by atoms with Crippen molar-refractivity contribution in [3.63, 3.8) is 0 Å².